The molecule has 0 radical (unpaired) electrons. The highest BCUT2D eigenvalue weighted by atomic mass is 16.6. The van der Waals surface area contributed by atoms with Gasteiger partial charge < -0.3 is 0 Å². The molecule has 2 aromatic heterocycles. The Hall–Kier alpha value is -2.75. The van der Waals surface area contributed by atoms with Crippen LogP contribution in [0.5, 0.6) is 0 Å². The Morgan fingerprint density at radius 3 is 2.70 bits per heavy atom. The van der Waals surface area contributed by atoms with Gasteiger partial charge >= 0.3 is 5.69 Å². The van der Waals surface area contributed by atoms with Gasteiger partial charge in [0.1, 0.15) is 23.2 Å². The van der Waals surface area contributed by atoms with Crippen LogP contribution in [0.25, 0.3) is 5.82 Å². The number of nitro groups is 1. The van der Waals surface area contributed by atoms with Crippen LogP contribution >= 0.6 is 0 Å². The normalized spacial score (nSPS) is 10.2. The molecule has 20 heavy (non-hydrogen) atoms. The number of aromatic nitrogens is 3. The molecule has 0 N–H and O–H groups in total. The maximum absolute atomic E-state index is 11.2. The van der Waals surface area contributed by atoms with Gasteiger partial charge in [0.15, 0.2) is 5.82 Å². The number of pyridine rings is 1. The molecule has 0 saturated carbocycles. The second kappa shape index (κ2) is 5.48. The molecule has 0 bridgehead atoms. The number of hydrogen-bond acceptors (Lipinski definition) is 5. The Kier molecular flexibility index (Phi) is 3.75. The zero-order valence-corrected chi connectivity index (χ0v) is 11.2. The van der Waals surface area contributed by atoms with Crippen molar-refractivity contribution in [1.29, 1.82) is 5.26 Å². The van der Waals surface area contributed by atoms with Crippen molar-refractivity contribution in [3.8, 4) is 11.9 Å². The minimum atomic E-state index is -0.407. The molecule has 0 atom stereocenters. The first-order chi connectivity index (χ1) is 9.62. The van der Waals surface area contributed by atoms with Crippen molar-refractivity contribution >= 4 is 5.69 Å². The molecule has 0 aliphatic carbocycles. The quantitative estimate of drug-likeness (QED) is 0.627. The summed E-state index contributed by atoms with van der Waals surface area (Å²) in [7, 11) is 0. The first kappa shape index (κ1) is 13.7. The van der Waals surface area contributed by atoms with Gasteiger partial charge in [-0.3, -0.25) is 10.1 Å². The lowest BCUT2D eigenvalue weighted by molar-refractivity contribution is -0.386. The van der Waals surface area contributed by atoms with Crippen molar-refractivity contribution in [3.63, 3.8) is 0 Å². The van der Waals surface area contributed by atoms with E-state index in [1.54, 1.807) is 18.2 Å². The van der Waals surface area contributed by atoms with Crippen LogP contribution in [0.2, 0.25) is 0 Å². The largest absolute Gasteiger partial charge is 0.313 e. The van der Waals surface area contributed by atoms with E-state index in [-0.39, 0.29) is 11.4 Å². The standard InChI is InChI=1S/C13H13N5O2/c1-3-10-13(18(19)20)11(4-2)17(16-10)12-7-5-6-9(8-14)15-12/h5-7H,3-4H2,1-2H3. The number of nitrogens with zero attached hydrogens (tertiary/aromatic N) is 5. The molecule has 2 heterocycles. The number of rotatable bonds is 4. The molecule has 2 rings (SSSR count). The lowest BCUT2D eigenvalue weighted by Gasteiger charge is -2.03. The zero-order chi connectivity index (χ0) is 14.7. The highest BCUT2D eigenvalue weighted by Crippen LogP contribution is 2.26. The molecule has 2 aromatic rings. The van der Waals surface area contributed by atoms with Gasteiger partial charge in [0.05, 0.1) is 4.92 Å². The van der Waals surface area contributed by atoms with Crippen LogP contribution in [0.3, 0.4) is 0 Å². The summed E-state index contributed by atoms with van der Waals surface area (Å²) < 4.78 is 1.46. The molecule has 0 aromatic carbocycles. The first-order valence-electron chi connectivity index (χ1n) is 6.25. The van der Waals surface area contributed by atoms with Crippen LogP contribution in [-0.2, 0) is 12.8 Å². The minimum Gasteiger partial charge on any atom is -0.258 e. The number of hydrogen-bond donors (Lipinski definition) is 0. The van der Waals surface area contributed by atoms with E-state index in [1.165, 1.54) is 4.68 Å². The smallest absolute Gasteiger partial charge is 0.258 e. The van der Waals surface area contributed by atoms with Crippen LogP contribution in [0.4, 0.5) is 5.69 Å². The third kappa shape index (κ3) is 2.23. The maximum Gasteiger partial charge on any atom is 0.313 e. The zero-order valence-electron chi connectivity index (χ0n) is 11.2. The predicted octanol–water partition coefficient (Wildman–Crippen LogP) is 2.17. The van der Waals surface area contributed by atoms with Crippen molar-refractivity contribution in [2.45, 2.75) is 26.7 Å². The van der Waals surface area contributed by atoms with E-state index in [1.807, 2.05) is 19.9 Å². The van der Waals surface area contributed by atoms with Gasteiger partial charge in [0, 0.05) is 0 Å². The van der Waals surface area contributed by atoms with Gasteiger partial charge in [-0.1, -0.05) is 19.9 Å². The van der Waals surface area contributed by atoms with Crippen molar-refractivity contribution in [2.75, 3.05) is 0 Å². The number of nitriles is 1. The van der Waals surface area contributed by atoms with Gasteiger partial charge in [0.2, 0.25) is 0 Å². The van der Waals surface area contributed by atoms with Gasteiger partial charge in [0.25, 0.3) is 0 Å². The van der Waals surface area contributed by atoms with E-state index in [2.05, 4.69) is 10.1 Å². The molecule has 7 nitrogen and oxygen atoms in total. The molecule has 0 amide bonds. The van der Waals surface area contributed by atoms with Crippen molar-refractivity contribution in [1.82, 2.24) is 14.8 Å². The average molecular weight is 271 g/mol. The summed E-state index contributed by atoms with van der Waals surface area (Å²) in [5.41, 5.74) is 1.21. The van der Waals surface area contributed by atoms with E-state index >= 15 is 0 Å². The lowest BCUT2D eigenvalue weighted by atomic mass is 10.2. The average Bonchev–Trinajstić information content (AvgIpc) is 2.86. The van der Waals surface area contributed by atoms with Crippen molar-refractivity contribution < 1.29 is 4.92 Å². The van der Waals surface area contributed by atoms with E-state index in [9.17, 15) is 10.1 Å². The molecular formula is C13H13N5O2. The second-order valence-corrected chi connectivity index (χ2v) is 4.11. The van der Waals surface area contributed by atoms with Gasteiger partial charge in [-0.15, -0.1) is 0 Å². The summed E-state index contributed by atoms with van der Waals surface area (Å²) in [4.78, 5) is 14.9. The van der Waals surface area contributed by atoms with E-state index < -0.39 is 4.92 Å². The third-order valence-corrected chi connectivity index (χ3v) is 2.94. The Morgan fingerprint density at radius 2 is 2.15 bits per heavy atom. The number of aryl methyl sites for hydroxylation is 1. The van der Waals surface area contributed by atoms with Gasteiger partial charge in [-0.05, 0) is 25.0 Å². The summed E-state index contributed by atoms with van der Waals surface area (Å²) in [5.74, 6) is 0.420. The lowest BCUT2D eigenvalue weighted by Crippen LogP contribution is -2.05. The van der Waals surface area contributed by atoms with Crippen LogP contribution < -0.4 is 0 Å². The summed E-state index contributed by atoms with van der Waals surface area (Å²) in [6.45, 7) is 3.65. The van der Waals surface area contributed by atoms with Crippen molar-refractivity contribution in [2.24, 2.45) is 0 Å². The Morgan fingerprint density at radius 1 is 1.40 bits per heavy atom. The monoisotopic (exact) mass is 271 g/mol. The summed E-state index contributed by atoms with van der Waals surface area (Å²) in [5, 5.41) is 24.4. The summed E-state index contributed by atoms with van der Waals surface area (Å²) in [6, 6.07) is 6.88. The molecule has 102 valence electrons. The first-order valence-corrected chi connectivity index (χ1v) is 6.25. The fraction of sp³-hybridized carbons (Fsp3) is 0.308. The fourth-order valence-corrected chi connectivity index (χ4v) is 2.05. The van der Waals surface area contributed by atoms with E-state index in [0.29, 0.717) is 30.0 Å². The molecule has 0 aliphatic heterocycles. The second-order valence-electron chi connectivity index (χ2n) is 4.11. The SMILES string of the molecule is CCc1nn(-c2cccc(C#N)n2)c(CC)c1[N+](=O)[O-]. The molecule has 0 aliphatic rings. The van der Waals surface area contributed by atoms with E-state index in [4.69, 9.17) is 5.26 Å². The molecular weight excluding hydrogens is 258 g/mol. The molecule has 0 fully saturated rings. The fourth-order valence-electron chi connectivity index (χ4n) is 2.05. The van der Waals surface area contributed by atoms with E-state index in [0.717, 1.165) is 0 Å². The Labute approximate surface area is 115 Å². The van der Waals surface area contributed by atoms with Crippen LogP contribution in [0.1, 0.15) is 30.9 Å². The topological polar surface area (TPSA) is 97.6 Å². The Bertz CT molecular complexity index is 699. The van der Waals surface area contributed by atoms with Crippen LogP contribution in [-0.4, -0.2) is 19.7 Å². The maximum atomic E-state index is 11.2. The molecule has 7 heteroatoms. The highest BCUT2D eigenvalue weighted by molar-refractivity contribution is 5.45. The third-order valence-electron chi connectivity index (χ3n) is 2.94. The molecule has 0 unspecified atom stereocenters. The summed E-state index contributed by atoms with van der Waals surface area (Å²) in [6.07, 6.45) is 0.927. The highest BCUT2D eigenvalue weighted by Gasteiger charge is 2.26. The Balaban J connectivity index is 2.68. The summed E-state index contributed by atoms with van der Waals surface area (Å²) >= 11 is 0. The van der Waals surface area contributed by atoms with Crippen molar-refractivity contribution in [3.05, 3.63) is 45.4 Å². The van der Waals surface area contributed by atoms with Gasteiger partial charge in [-0.2, -0.15) is 10.4 Å². The van der Waals surface area contributed by atoms with Crippen LogP contribution in [0.15, 0.2) is 18.2 Å². The van der Waals surface area contributed by atoms with Crippen LogP contribution in [0, 0.1) is 21.4 Å². The molecule has 0 saturated heterocycles. The molecule has 0 spiro atoms. The van der Waals surface area contributed by atoms with Gasteiger partial charge in [-0.25, -0.2) is 9.67 Å². The minimum absolute atomic E-state index is 0.0409. The predicted molar refractivity (Wildman–Crippen MR) is 71.5 cm³/mol.